The highest BCUT2D eigenvalue weighted by molar-refractivity contribution is 6.12. The number of esters is 1. The molecule has 0 atom stereocenters. The topological polar surface area (TPSA) is 77.4 Å². The van der Waals surface area contributed by atoms with E-state index in [2.05, 4.69) is 10.1 Å². The fourth-order valence-corrected chi connectivity index (χ4v) is 3.06. The van der Waals surface area contributed by atoms with Crippen LogP contribution >= 0.6 is 0 Å². The van der Waals surface area contributed by atoms with Crippen LogP contribution in [-0.4, -0.2) is 23.6 Å². The Hall–Kier alpha value is -3.41. The van der Waals surface area contributed by atoms with Gasteiger partial charge in [-0.25, -0.2) is 4.79 Å². The molecule has 3 aromatic rings. The first-order valence-corrected chi connectivity index (χ1v) is 9.02. The van der Waals surface area contributed by atoms with Crippen molar-refractivity contribution in [1.82, 2.24) is 4.57 Å². The molecule has 1 aromatic heterocycles. The van der Waals surface area contributed by atoms with Crippen LogP contribution in [0.5, 0.6) is 0 Å². The molecule has 0 aliphatic rings. The first-order chi connectivity index (χ1) is 13.4. The average molecular weight is 378 g/mol. The number of fused-ring (bicyclic) bond motifs is 1. The lowest BCUT2D eigenvalue weighted by atomic mass is 10.1. The Morgan fingerprint density at radius 3 is 2.29 bits per heavy atom. The van der Waals surface area contributed by atoms with Crippen LogP contribution < -0.4 is 10.9 Å². The number of carbonyl (C=O) groups excluding carboxylic acids is 2. The third-order valence-electron chi connectivity index (χ3n) is 4.36. The Labute approximate surface area is 162 Å². The van der Waals surface area contributed by atoms with Crippen molar-refractivity contribution in [2.45, 2.75) is 20.4 Å². The number of nitrogens with zero attached hydrogens (tertiary/aromatic N) is 1. The van der Waals surface area contributed by atoms with Crippen LogP contribution in [0.1, 0.15) is 34.6 Å². The summed E-state index contributed by atoms with van der Waals surface area (Å²) in [5.74, 6) is -0.496. The van der Waals surface area contributed by atoms with Crippen molar-refractivity contribution >= 4 is 28.3 Å². The number of pyridine rings is 1. The highest BCUT2D eigenvalue weighted by Crippen LogP contribution is 2.18. The molecule has 0 aliphatic carbocycles. The smallest absolute Gasteiger partial charge is 0.337 e. The molecule has 1 N–H and O–H groups in total. The minimum Gasteiger partial charge on any atom is -0.465 e. The molecule has 0 unspecified atom stereocenters. The summed E-state index contributed by atoms with van der Waals surface area (Å²) < 4.78 is 6.26. The number of anilines is 1. The van der Waals surface area contributed by atoms with E-state index in [1.54, 1.807) is 59.3 Å². The Kier molecular flexibility index (Phi) is 5.59. The van der Waals surface area contributed by atoms with E-state index in [1.165, 1.54) is 7.11 Å². The monoisotopic (exact) mass is 378 g/mol. The van der Waals surface area contributed by atoms with E-state index < -0.39 is 5.97 Å². The molecular formula is C22H22N2O4. The van der Waals surface area contributed by atoms with Gasteiger partial charge in [-0.15, -0.1) is 0 Å². The van der Waals surface area contributed by atoms with Crippen molar-refractivity contribution in [3.05, 3.63) is 76.2 Å². The van der Waals surface area contributed by atoms with Gasteiger partial charge in [0, 0.05) is 29.2 Å². The fourth-order valence-electron chi connectivity index (χ4n) is 3.06. The zero-order valence-corrected chi connectivity index (χ0v) is 16.1. The summed E-state index contributed by atoms with van der Waals surface area (Å²) in [4.78, 5) is 37.2. The summed E-state index contributed by atoms with van der Waals surface area (Å²) in [5, 5.41) is 3.95. The lowest BCUT2D eigenvalue weighted by Gasteiger charge is -2.14. The molecular weight excluding hydrogens is 356 g/mol. The van der Waals surface area contributed by atoms with Crippen molar-refractivity contribution in [3.8, 4) is 0 Å². The van der Waals surface area contributed by atoms with Crippen LogP contribution in [0.25, 0.3) is 10.8 Å². The SMILES string of the molecule is COC(=O)c1ccc(NC(=O)c2cn(CC(C)C)c(=O)c3ccccc23)cc1. The normalized spacial score (nSPS) is 10.9. The van der Waals surface area contributed by atoms with E-state index in [4.69, 9.17) is 0 Å². The third kappa shape index (κ3) is 3.96. The first-order valence-electron chi connectivity index (χ1n) is 9.02. The number of nitrogens with one attached hydrogen (secondary N) is 1. The van der Waals surface area contributed by atoms with Gasteiger partial charge >= 0.3 is 5.97 Å². The van der Waals surface area contributed by atoms with Crippen molar-refractivity contribution in [3.63, 3.8) is 0 Å². The zero-order chi connectivity index (χ0) is 20.3. The molecule has 0 fully saturated rings. The largest absolute Gasteiger partial charge is 0.465 e. The molecule has 1 amide bonds. The number of amides is 1. The van der Waals surface area contributed by atoms with Crippen molar-refractivity contribution < 1.29 is 14.3 Å². The molecule has 144 valence electrons. The second-order valence-electron chi connectivity index (χ2n) is 6.96. The zero-order valence-electron chi connectivity index (χ0n) is 16.1. The van der Waals surface area contributed by atoms with Gasteiger partial charge in [-0.3, -0.25) is 9.59 Å². The van der Waals surface area contributed by atoms with E-state index in [9.17, 15) is 14.4 Å². The maximum absolute atomic E-state index is 12.9. The van der Waals surface area contributed by atoms with Crippen molar-refractivity contribution in [2.24, 2.45) is 5.92 Å². The van der Waals surface area contributed by atoms with E-state index in [0.29, 0.717) is 34.1 Å². The molecule has 0 radical (unpaired) electrons. The van der Waals surface area contributed by atoms with Gasteiger partial charge in [-0.2, -0.15) is 0 Å². The number of methoxy groups -OCH3 is 1. The number of hydrogen-bond acceptors (Lipinski definition) is 4. The Bertz CT molecular complexity index is 1080. The predicted molar refractivity (Wildman–Crippen MR) is 109 cm³/mol. The highest BCUT2D eigenvalue weighted by Gasteiger charge is 2.16. The van der Waals surface area contributed by atoms with Gasteiger partial charge in [-0.1, -0.05) is 32.0 Å². The standard InChI is InChI=1S/C22H22N2O4/c1-14(2)12-24-13-19(17-6-4-5-7-18(17)21(24)26)20(25)23-16-10-8-15(9-11-16)22(27)28-3/h4-11,13-14H,12H2,1-3H3,(H,23,25). The second kappa shape index (κ2) is 8.08. The molecule has 2 aromatic carbocycles. The minimum atomic E-state index is -0.440. The van der Waals surface area contributed by atoms with E-state index in [1.807, 2.05) is 13.8 Å². The second-order valence-corrected chi connectivity index (χ2v) is 6.96. The number of carbonyl (C=O) groups is 2. The third-order valence-corrected chi connectivity index (χ3v) is 4.36. The molecule has 0 bridgehead atoms. The molecule has 0 spiro atoms. The van der Waals surface area contributed by atoms with Crippen molar-refractivity contribution in [2.75, 3.05) is 12.4 Å². The lowest BCUT2D eigenvalue weighted by molar-refractivity contribution is 0.0600. The summed E-state index contributed by atoms with van der Waals surface area (Å²) >= 11 is 0. The highest BCUT2D eigenvalue weighted by atomic mass is 16.5. The van der Waals surface area contributed by atoms with E-state index >= 15 is 0 Å². The molecule has 0 saturated carbocycles. The van der Waals surface area contributed by atoms with E-state index in [0.717, 1.165) is 0 Å². The van der Waals surface area contributed by atoms with Crippen LogP contribution in [-0.2, 0) is 11.3 Å². The summed E-state index contributed by atoms with van der Waals surface area (Å²) in [6.45, 7) is 4.56. The minimum absolute atomic E-state index is 0.108. The van der Waals surface area contributed by atoms with Gasteiger partial charge in [0.05, 0.1) is 18.2 Å². The molecule has 6 nitrogen and oxygen atoms in total. The molecule has 6 heteroatoms. The van der Waals surface area contributed by atoms with Gasteiger partial charge in [0.2, 0.25) is 0 Å². The molecule has 3 rings (SSSR count). The predicted octanol–water partition coefficient (Wildman–Crippen LogP) is 3.70. The van der Waals surface area contributed by atoms with Gasteiger partial charge < -0.3 is 14.6 Å². The lowest BCUT2D eigenvalue weighted by Crippen LogP contribution is -2.25. The summed E-state index contributed by atoms with van der Waals surface area (Å²) in [7, 11) is 1.31. The first kappa shape index (κ1) is 19.4. The quantitative estimate of drug-likeness (QED) is 0.687. The van der Waals surface area contributed by atoms with Gasteiger partial charge in [0.25, 0.3) is 11.5 Å². The number of ether oxygens (including phenoxy) is 1. The van der Waals surface area contributed by atoms with Crippen LogP contribution in [0.2, 0.25) is 0 Å². The molecule has 0 aliphatic heterocycles. The maximum atomic E-state index is 12.9. The van der Waals surface area contributed by atoms with Gasteiger partial charge in [-0.05, 0) is 36.2 Å². The van der Waals surface area contributed by atoms with Crippen LogP contribution in [0.15, 0.2) is 59.5 Å². The van der Waals surface area contributed by atoms with Crippen LogP contribution in [0.4, 0.5) is 5.69 Å². The fraction of sp³-hybridized carbons (Fsp3) is 0.227. The molecule has 0 saturated heterocycles. The van der Waals surface area contributed by atoms with Gasteiger partial charge in [0.1, 0.15) is 0 Å². The molecule has 1 heterocycles. The van der Waals surface area contributed by atoms with E-state index in [-0.39, 0.29) is 17.4 Å². The Morgan fingerprint density at radius 2 is 1.68 bits per heavy atom. The summed E-state index contributed by atoms with van der Waals surface area (Å²) in [5.41, 5.74) is 1.26. The molecule has 28 heavy (non-hydrogen) atoms. The number of benzene rings is 2. The number of hydrogen-bond donors (Lipinski definition) is 1. The number of rotatable bonds is 5. The van der Waals surface area contributed by atoms with Gasteiger partial charge in [0.15, 0.2) is 0 Å². The Balaban J connectivity index is 1.98. The Morgan fingerprint density at radius 1 is 1.04 bits per heavy atom. The summed E-state index contributed by atoms with van der Waals surface area (Å²) in [6, 6.07) is 13.5. The maximum Gasteiger partial charge on any atom is 0.337 e. The van der Waals surface area contributed by atoms with Crippen LogP contribution in [0.3, 0.4) is 0 Å². The van der Waals surface area contributed by atoms with Crippen molar-refractivity contribution in [1.29, 1.82) is 0 Å². The number of aromatic nitrogens is 1. The average Bonchev–Trinajstić information content (AvgIpc) is 2.69. The van der Waals surface area contributed by atoms with Crippen LogP contribution in [0, 0.1) is 5.92 Å². The summed E-state index contributed by atoms with van der Waals surface area (Å²) in [6.07, 6.45) is 1.61.